The number of hydrogen-bond donors (Lipinski definition) is 2. The fourth-order valence-corrected chi connectivity index (χ4v) is 1.12. The molecule has 0 spiro atoms. The summed E-state index contributed by atoms with van der Waals surface area (Å²) >= 11 is 0. The van der Waals surface area contributed by atoms with Gasteiger partial charge in [-0.05, 0) is 26.4 Å². The molecule has 0 aliphatic carbocycles. The Hall–Kier alpha value is -0.160. The lowest BCUT2D eigenvalue weighted by Crippen LogP contribution is -2.31. The minimum atomic E-state index is 0.301. The zero-order valence-electron chi connectivity index (χ0n) is 9.46. The Morgan fingerprint density at radius 2 is 2.00 bits per heavy atom. The van der Waals surface area contributed by atoms with Crippen LogP contribution in [0.4, 0.5) is 0 Å². The topological polar surface area (TPSA) is 44.7 Å². The van der Waals surface area contributed by atoms with Crippen LogP contribution in [0.2, 0.25) is 0 Å². The van der Waals surface area contributed by atoms with Crippen LogP contribution >= 0.6 is 0 Å². The van der Waals surface area contributed by atoms with Gasteiger partial charge in [0.15, 0.2) is 0 Å². The molecule has 0 aromatic carbocycles. The first-order chi connectivity index (χ1) is 6.81. The van der Waals surface area contributed by atoms with E-state index in [2.05, 4.69) is 17.3 Å². The summed E-state index contributed by atoms with van der Waals surface area (Å²) in [4.78, 5) is 2.24. The summed E-state index contributed by atoms with van der Waals surface area (Å²) in [5.74, 6) is 0. The van der Waals surface area contributed by atoms with Gasteiger partial charge in [0, 0.05) is 33.4 Å². The zero-order chi connectivity index (χ0) is 10.6. The van der Waals surface area contributed by atoms with E-state index in [4.69, 9.17) is 9.84 Å². The fourth-order valence-electron chi connectivity index (χ4n) is 1.12. The van der Waals surface area contributed by atoms with Crippen molar-refractivity contribution >= 4 is 0 Å². The summed E-state index contributed by atoms with van der Waals surface area (Å²) in [5, 5.41) is 11.9. The van der Waals surface area contributed by atoms with E-state index in [0.717, 1.165) is 45.6 Å². The van der Waals surface area contributed by atoms with Gasteiger partial charge in [0.05, 0.1) is 6.61 Å². The van der Waals surface area contributed by atoms with E-state index in [0.29, 0.717) is 6.61 Å². The lowest BCUT2D eigenvalue weighted by molar-refractivity contribution is 0.161. The van der Waals surface area contributed by atoms with Gasteiger partial charge in [0.2, 0.25) is 0 Å². The standard InChI is InChI=1S/C10H24N2O2/c1-12(8-10-14-2)7-6-11-5-3-4-9-13/h11,13H,3-10H2,1-2H3. The van der Waals surface area contributed by atoms with E-state index in [1.807, 2.05) is 0 Å². The van der Waals surface area contributed by atoms with Crippen LogP contribution in [0.5, 0.6) is 0 Å². The van der Waals surface area contributed by atoms with Crippen molar-refractivity contribution in [3.05, 3.63) is 0 Å². The molecule has 0 atom stereocenters. The normalized spacial score (nSPS) is 11.1. The predicted molar refractivity (Wildman–Crippen MR) is 58.6 cm³/mol. The molecule has 0 unspecified atom stereocenters. The van der Waals surface area contributed by atoms with E-state index in [-0.39, 0.29) is 0 Å². The Kier molecular flexibility index (Phi) is 10.8. The molecule has 2 N–H and O–H groups in total. The highest BCUT2D eigenvalue weighted by atomic mass is 16.5. The number of likely N-dealkylation sites (N-methyl/N-ethyl adjacent to an activating group) is 1. The van der Waals surface area contributed by atoms with Crippen LogP contribution in [0.25, 0.3) is 0 Å². The lowest BCUT2D eigenvalue weighted by Gasteiger charge is -2.15. The van der Waals surface area contributed by atoms with Crippen molar-refractivity contribution in [2.24, 2.45) is 0 Å². The summed E-state index contributed by atoms with van der Waals surface area (Å²) in [6.07, 6.45) is 1.95. The third-order valence-electron chi connectivity index (χ3n) is 2.11. The molecule has 86 valence electrons. The molecule has 0 aromatic rings. The van der Waals surface area contributed by atoms with Gasteiger partial charge < -0.3 is 20.1 Å². The minimum Gasteiger partial charge on any atom is -0.396 e. The molecule has 0 heterocycles. The molecule has 0 amide bonds. The van der Waals surface area contributed by atoms with Crippen molar-refractivity contribution < 1.29 is 9.84 Å². The van der Waals surface area contributed by atoms with Crippen LogP contribution < -0.4 is 5.32 Å². The van der Waals surface area contributed by atoms with Gasteiger partial charge in [-0.3, -0.25) is 0 Å². The predicted octanol–water partition coefficient (Wildman–Crippen LogP) is -0.0733. The molecule has 0 radical (unpaired) electrons. The number of ether oxygens (including phenoxy) is 1. The van der Waals surface area contributed by atoms with Crippen molar-refractivity contribution in [3.63, 3.8) is 0 Å². The average molecular weight is 204 g/mol. The first-order valence-electron chi connectivity index (χ1n) is 5.30. The molecule has 4 heteroatoms. The maximum absolute atomic E-state index is 8.56. The molecular weight excluding hydrogens is 180 g/mol. The average Bonchev–Trinajstić information content (AvgIpc) is 2.20. The number of aliphatic hydroxyl groups is 1. The van der Waals surface area contributed by atoms with Gasteiger partial charge in [-0.15, -0.1) is 0 Å². The maximum atomic E-state index is 8.56. The Labute approximate surface area is 87.2 Å². The van der Waals surface area contributed by atoms with Gasteiger partial charge in [-0.2, -0.15) is 0 Å². The second-order valence-electron chi connectivity index (χ2n) is 3.48. The van der Waals surface area contributed by atoms with Gasteiger partial charge in [0.1, 0.15) is 0 Å². The summed E-state index contributed by atoms with van der Waals surface area (Å²) in [6, 6.07) is 0. The highest BCUT2D eigenvalue weighted by Crippen LogP contribution is 1.84. The third kappa shape index (κ3) is 9.92. The van der Waals surface area contributed by atoms with Gasteiger partial charge in [0.25, 0.3) is 0 Å². The third-order valence-corrected chi connectivity index (χ3v) is 2.11. The van der Waals surface area contributed by atoms with Crippen LogP contribution in [0.3, 0.4) is 0 Å². The molecule has 0 aliphatic rings. The molecular formula is C10H24N2O2. The molecule has 0 aromatic heterocycles. The van der Waals surface area contributed by atoms with Crippen LogP contribution in [0.15, 0.2) is 0 Å². The zero-order valence-corrected chi connectivity index (χ0v) is 9.46. The van der Waals surface area contributed by atoms with Crippen LogP contribution in [-0.2, 0) is 4.74 Å². The molecule has 0 saturated heterocycles. The molecule has 0 bridgehead atoms. The highest BCUT2D eigenvalue weighted by molar-refractivity contribution is 4.54. The van der Waals surface area contributed by atoms with E-state index in [9.17, 15) is 0 Å². The lowest BCUT2D eigenvalue weighted by atomic mass is 10.3. The summed E-state index contributed by atoms with van der Waals surface area (Å²) in [5.41, 5.74) is 0. The second kappa shape index (κ2) is 10.9. The molecule has 0 saturated carbocycles. The number of nitrogens with one attached hydrogen (secondary N) is 1. The first-order valence-corrected chi connectivity index (χ1v) is 5.30. The smallest absolute Gasteiger partial charge is 0.0589 e. The summed E-state index contributed by atoms with van der Waals surface area (Å²) in [7, 11) is 3.81. The van der Waals surface area contributed by atoms with Crippen molar-refractivity contribution in [1.29, 1.82) is 0 Å². The number of unbranched alkanes of at least 4 members (excludes halogenated alkanes) is 1. The fraction of sp³-hybridized carbons (Fsp3) is 1.00. The number of nitrogens with zero attached hydrogens (tertiary/aromatic N) is 1. The van der Waals surface area contributed by atoms with Gasteiger partial charge in [-0.25, -0.2) is 0 Å². The van der Waals surface area contributed by atoms with Crippen molar-refractivity contribution in [2.45, 2.75) is 12.8 Å². The van der Waals surface area contributed by atoms with Crippen molar-refractivity contribution in [3.8, 4) is 0 Å². The number of aliphatic hydroxyl groups excluding tert-OH is 1. The number of hydrogen-bond acceptors (Lipinski definition) is 4. The summed E-state index contributed by atoms with van der Waals surface area (Å²) in [6.45, 7) is 5.12. The monoisotopic (exact) mass is 204 g/mol. The van der Waals surface area contributed by atoms with Crippen LogP contribution in [0, 0.1) is 0 Å². The van der Waals surface area contributed by atoms with Gasteiger partial charge >= 0.3 is 0 Å². The SMILES string of the molecule is COCCN(C)CCNCCCCO. The maximum Gasteiger partial charge on any atom is 0.0589 e. The Bertz CT molecular complexity index is 112. The number of methoxy groups -OCH3 is 1. The Morgan fingerprint density at radius 1 is 1.21 bits per heavy atom. The molecule has 0 fully saturated rings. The molecule has 0 aliphatic heterocycles. The van der Waals surface area contributed by atoms with Gasteiger partial charge in [-0.1, -0.05) is 0 Å². The van der Waals surface area contributed by atoms with Crippen molar-refractivity contribution in [1.82, 2.24) is 10.2 Å². The summed E-state index contributed by atoms with van der Waals surface area (Å²) < 4.78 is 4.98. The quantitative estimate of drug-likeness (QED) is 0.489. The van der Waals surface area contributed by atoms with E-state index < -0.39 is 0 Å². The van der Waals surface area contributed by atoms with E-state index >= 15 is 0 Å². The molecule has 14 heavy (non-hydrogen) atoms. The number of rotatable bonds is 10. The first kappa shape index (κ1) is 13.8. The van der Waals surface area contributed by atoms with Crippen molar-refractivity contribution in [2.75, 3.05) is 53.6 Å². The minimum absolute atomic E-state index is 0.301. The Balaban J connectivity index is 3.02. The molecule has 4 nitrogen and oxygen atoms in total. The van der Waals surface area contributed by atoms with Crippen LogP contribution in [0.1, 0.15) is 12.8 Å². The second-order valence-corrected chi connectivity index (χ2v) is 3.48. The highest BCUT2D eigenvalue weighted by Gasteiger charge is 1.96. The largest absolute Gasteiger partial charge is 0.396 e. The van der Waals surface area contributed by atoms with E-state index in [1.165, 1.54) is 0 Å². The molecule has 0 rings (SSSR count). The Morgan fingerprint density at radius 3 is 2.64 bits per heavy atom. The van der Waals surface area contributed by atoms with E-state index in [1.54, 1.807) is 7.11 Å². The van der Waals surface area contributed by atoms with Crippen LogP contribution in [-0.4, -0.2) is 63.6 Å².